The average Bonchev–Trinajstić information content (AvgIpc) is 3.17. The molecule has 7 nitrogen and oxygen atoms in total. The SMILES string of the molecule is O=C(Nc1ccc2c(c1)OCCCO2)c1cccc(S(=O)(=O)NCCc2cccs2)c1. The van der Waals surface area contributed by atoms with E-state index in [2.05, 4.69) is 10.0 Å². The maximum absolute atomic E-state index is 12.7. The Hall–Kier alpha value is -2.88. The molecule has 1 aliphatic rings. The molecule has 0 saturated carbocycles. The second kappa shape index (κ2) is 9.51. The Balaban J connectivity index is 1.43. The van der Waals surface area contributed by atoms with Crippen LogP contribution in [0.25, 0.3) is 0 Å². The Bertz CT molecular complexity index is 1160. The zero-order valence-corrected chi connectivity index (χ0v) is 18.3. The molecule has 3 aromatic rings. The Morgan fingerprint density at radius 2 is 1.84 bits per heavy atom. The Kier molecular flexibility index (Phi) is 6.55. The van der Waals surface area contributed by atoms with E-state index in [4.69, 9.17) is 9.47 Å². The summed E-state index contributed by atoms with van der Waals surface area (Å²) in [5.41, 5.74) is 0.782. The molecule has 2 heterocycles. The number of rotatable bonds is 7. The number of ether oxygens (including phenoxy) is 2. The summed E-state index contributed by atoms with van der Waals surface area (Å²) in [5, 5.41) is 4.73. The van der Waals surface area contributed by atoms with Gasteiger partial charge in [0.2, 0.25) is 10.0 Å². The number of hydrogen-bond acceptors (Lipinski definition) is 6. The number of amides is 1. The third-order valence-electron chi connectivity index (χ3n) is 4.66. The van der Waals surface area contributed by atoms with Crippen molar-refractivity contribution in [1.29, 1.82) is 0 Å². The molecule has 0 saturated heterocycles. The Morgan fingerprint density at radius 3 is 2.65 bits per heavy atom. The molecule has 1 aromatic heterocycles. The van der Waals surface area contributed by atoms with Crippen molar-refractivity contribution in [3.05, 3.63) is 70.4 Å². The predicted octanol–water partition coefficient (Wildman–Crippen LogP) is 3.68. The van der Waals surface area contributed by atoms with Gasteiger partial charge in [-0.25, -0.2) is 13.1 Å². The lowest BCUT2D eigenvalue weighted by atomic mass is 10.2. The first kappa shape index (κ1) is 21.4. The van der Waals surface area contributed by atoms with Crippen LogP contribution in [0.5, 0.6) is 11.5 Å². The number of sulfonamides is 1. The maximum Gasteiger partial charge on any atom is 0.255 e. The Morgan fingerprint density at radius 1 is 1.00 bits per heavy atom. The van der Waals surface area contributed by atoms with Gasteiger partial charge in [-0.15, -0.1) is 11.3 Å². The van der Waals surface area contributed by atoms with Crippen LogP contribution < -0.4 is 19.5 Å². The van der Waals surface area contributed by atoms with Crippen LogP contribution in [0.15, 0.2) is 64.9 Å². The number of nitrogens with one attached hydrogen (secondary N) is 2. The van der Waals surface area contributed by atoms with Crippen LogP contribution in [0, 0.1) is 0 Å². The van der Waals surface area contributed by atoms with Gasteiger partial charge in [-0.1, -0.05) is 12.1 Å². The monoisotopic (exact) mass is 458 g/mol. The fourth-order valence-corrected chi connectivity index (χ4v) is 4.88. The van der Waals surface area contributed by atoms with Gasteiger partial charge in [-0.2, -0.15) is 0 Å². The molecular formula is C22H22N2O5S2. The van der Waals surface area contributed by atoms with E-state index in [9.17, 15) is 13.2 Å². The predicted molar refractivity (Wildman–Crippen MR) is 120 cm³/mol. The van der Waals surface area contributed by atoms with Gasteiger partial charge < -0.3 is 14.8 Å². The standard InChI is InChI=1S/C22H22N2O5S2/c25-22(24-17-7-8-20-21(15-17)29-12-3-11-28-20)16-4-1-6-19(14-16)31(26,27)23-10-9-18-5-2-13-30-18/h1-2,4-8,13-15,23H,3,9-12H2,(H,24,25). The van der Waals surface area contributed by atoms with Crippen molar-refractivity contribution in [2.24, 2.45) is 0 Å². The number of benzene rings is 2. The minimum Gasteiger partial charge on any atom is -0.490 e. The summed E-state index contributed by atoms with van der Waals surface area (Å²) >= 11 is 1.58. The molecule has 0 aliphatic carbocycles. The van der Waals surface area contributed by atoms with Crippen molar-refractivity contribution in [2.75, 3.05) is 25.1 Å². The zero-order chi connectivity index (χ0) is 21.7. The molecule has 1 aliphatic heterocycles. The van der Waals surface area contributed by atoms with E-state index in [1.165, 1.54) is 12.1 Å². The molecule has 0 bridgehead atoms. The van der Waals surface area contributed by atoms with Crippen molar-refractivity contribution in [2.45, 2.75) is 17.7 Å². The smallest absolute Gasteiger partial charge is 0.255 e. The topological polar surface area (TPSA) is 93.7 Å². The summed E-state index contributed by atoms with van der Waals surface area (Å²) in [4.78, 5) is 13.9. The summed E-state index contributed by atoms with van der Waals surface area (Å²) in [5.74, 6) is 0.795. The molecule has 0 radical (unpaired) electrons. The highest BCUT2D eigenvalue weighted by atomic mass is 32.2. The fraction of sp³-hybridized carbons (Fsp3) is 0.227. The highest BCUT2D eigenvalue weighted by molar-refractivity contribution is 7.89. The lowest BCUT2D eigenvalue weighted by Gasteiger charge is -2.11. The largest absolute Gasteiger partial charge is 0.490 e. The lowest BCUT2D eigenvalue weighted by molar-refractivity contribution is 0.102. The third-order valence-corrected chi connectivity index (χ3v) is 7.05. The van der Waals surface area contributed by atoms with E-state index in [0.717, 1.165) is 11.3 Å². The zero-order valence-electron chi connectivity index (χ0n) is 16.7. The molecule has 9 heteroatoms. The second-order valence-electron chi connectivity index (χ2n) is 6.92. The number of carbonyl (C=O) groups excluding carboxylic acids is 1. The molecule has 2 N–H and O–H groups in total. The average molecular weight is 459 g/mol. The minimum absolute atomic E-state index is 0.0463. The molecule has 4 rings (SSSR count). The number of carbonyl (C=O) groups is 1. The summed E-state index contributed by atoms with van der Waals surface area (Å²) in [6, 6.07) is 15.0. The molecule has 1 amide bonds. The molecule has 0 unspecified atom stereocenters. The second-order valence-corrected chi connectivity index (χ2v) is 9.72. The van der Waals surface area contributed by atoms with Crippen molar-refractivity contribution >= 4 is 33.0 Å². The van der Waals surface area contributed by atoms with Crippen LogP contribution in [0.4, 0.5) is 5.69 Å². The number of anilines is 1. The quantitative estimate of drug-likeness (QED) is 0.563. The van der Waals surface area contributed by atoms with E-state index in [0.29, 0.717) is 36.8 Å². The van der Waals surface area contributed by atoms with Gasteiger partial charge >= 0.3 is 0 Å². The molecule has 0 spiro atoms. The van der Waals surface area contributed by atoms with Gasteiger partial charge in [0.25, 0.3) is 5.91 Å². The van der Waals surface area contributed by atoms with Crippen molar-refractivity contribution < 1.29 is 22.7 Å². The van der Waals surface area contributed by atoms with E-state index >= 15 is 0 Å². The highest BCUT2D eigenvalue weighted by Gasteiger charge is 2.17. The Labute approximate surface area is 185 Å². The first-order valence-corrected chi connectivity index (χ1v) is 12.2. The van der Waals surface area contributed by atoms with Gasteiger partial charge in [0.15, 0.2) is 11.5 Å². The maximum atomic E-state index is 12.7. The van der Waals surface area contributed by atoms with Crippen molar-refractivity contribution in [1.82, 2.24) is 4.72 Å². The third kappa shape index (κ3) is 5.43. The highest BCUT2D eigenvalue weighted by Crippen LogP contribution is 2.32. The molecular weight excluding hydrogens is 436 g/mol. The van der Waals surface area contributed by atoms with Crippen molar-refractivity contribution in [3.63, 3.8) is 0 Å². The van der Waals surface area contributed by atoms with Crippen molar-refractivity contribution in [3.8, 4) is 11.5 Å². The summed E-state index contributed by atoms with van der Waals surface area (Å²) < 4.78 is 39.1. The molecule has 0 atom stereocenters. The number of hydrogen-bond donors (Lipinski definition) is 2. The number of thiophene rings is 1. The van der Waals surface area contributed by atoms with Crippen LogP contribution in [0.3, 0.4) is 0 Å². The van der Waals surface area contributed by atoms with Crippen LogP contribution in [0.2, 0.25) is 0 Å². The molecule has 31 heavy (non-hydrogen) atoms. The number of fused-ring (bicyclic) bond motifs is 1. The van der Waals surface area contributed by atoms with E-state index in [1.807, 2.05) is 17.5 Å². The molecule has 0 fully saturated rings. The van der Waals surface area contributed by atoms with Gasteiger partial charge in [-0.3, -0.25) is 4.79 Å². The summed E-state index contributed by atoms with van der Waals surface area (Å²) in [7, 11) is -3.72. The first-order chi connectivity index (χ1) is 15.0. The van der Waals surface area contributed by atoms with Crippen LogP contribution in [0.1, 0.15) is 21.7 Å². The first-order valence-electron chi connectivity index (χ1n) is 9.84. The van der Waals surface area contributed by atoms with E-state index in [-0.39, 0.29) is 17.0 Å². The summed E-state index contributed by atoms with van der Waals surface area (Å²) in [6.45, 7) is 1.42. The molecule has 162 valence electrons. The van der Waals surface area contributed by atoms with Gasteiger partial charge in [0.1, 0.15) is 0 Å². The van der Waals surface area contributed by atoms with Crippen LogP contribution in [-0.4, -0.2) is 34.1 Å². The molecule has 2 aromatic carbocycles. The van der Waals surface area contributed by atoms with E-state index in [1.54, 1.807) is 41.7 Å². The van der Waals surface area contributed by atoms with Crippen LogP contribution in [-0.2, 0) is 16.4 Å². The lowest BCUT2D eigenvalue weighted by Crippen LogP contribution is -2.26. The van der Waals surface area contributed by atoms with Gasteiger partial charge in [-0.05, 0) is 48.2 Å². The van der Waals surface area contributed by atoms with Gasteiger partial charge in [0.05, 0.1) is 18.1 Å². The fourth-order valence-electron chi connectivity index (χ4n) is 3.10. The summed E-state index contributed by atoms with van der Waals surface area (Å²) in [6.07, 6.45) is 1.40. The van der Waals surface area contributed by atoms with E-state index < -0.39 is 15.9 Å². The normalized spacial score (nSPS) is 13.4. The van der Waals surface area contributed by atoms with Gasteiger partial charge in [0, 0.05) is 35.2 Å². The minimum atomic E-state index is -3.72. The van der Waals surface area contributed by atoms with Crippen LogP contribution >= 0.6 is 11.3 Å².